The van der Waals surface area contributed by atoms with E-state index in [-0.39, 0.29) is 17.3 Å². The minimum atomic E-state index is -4.50. The zero-order valence-corrected chi connectivity index (χ0v) is 22.7. The number of pyridine rings is 1. The number of nitrogens with zero attached hydrogens (tertiary/aromatic N) is 4. The third-order valence-electron chi connectivity index (χ3n) is 6.99. The van der Waals surface area contributed by atoms with E-state index in [9.17, 15) is 21.6 Å². The Balaban J connectivity index is 1.47. The standard InChI is InChI=1S/C28H28F3N5O3S/c1-35(16-19-6-9-22(39-2)10-7-19)40(37,38)23-11-12-25(34-27-13-8-20(15-32-27)28(29,30)31)24(14-23)26-17-36(18-33-26)21-4-3-5-21/h6-15,17-18,21H,3-5,16H2,1-2H3,(H,32,34). The number of anilines is 2. The lowest BCUT2D eigenvalue weighted by molar-refractivity contribution is -0.137. The largest absolute Gasteiger partial charge is 0.497 e. The highest BCUT2D eigenvalue weighted by atomic mass is 32.2. The van der Waals surface area contributed by atoms with Crippen molar-refractivity contribution >= 4 is 21.5 Å². The predicted molar refractivity (Wildman–Crippen MR) is 145 cm³/mol. The molecule has 2 aromatic carbocycles. The van der Waals surface area contributed by atoms with Gasteiger partial charge in [-0.2, -0.15) is 17.5 Å². The molecule has 1 N–H and O–H groups in total. The van der Waals surface area contributed by atoms with E-state index in [1.54, 1.807) is 43.8 Å². The van der Waals surface area contributed by atoms with Gasteiger partial charge in [0.15, 0.2) is 0 Å². The van der Waals surface area contributed by atoms with Gasteiger partial charge in [-0.15, -0.1) is 0 Å². The summed E-state index contributed by atoms with van der Waals surface area (Å²) in [6.45, 7) is 0.146. The van der Waals surface area contributed by atoms with E-state index in [0.29, 0.717) is 28.7 Å². The van der Waals surface area contributed by atoms with Crippen molar-refractivity contribution < 1.29 is 26.3 Å². The molecule has 0 unspecified atom stereocenters. The Morgan fingerprint density at radius 3 is 2.42 bits per heavy atom. The van der Waals surface area contributed by atoms with E-state index in [2.05, 4.69) is 15.3 Å². The Morgan fingerprint density at radius 1 is 1.07 bits per heavy atom. The highest BCUT2D eigenvalue weighted by Gasteiger charge is 2.31. The van der Waals surface area contributed by atoms with Crippen LogP contribution >= 0.6 is 0 Å². The normalized spacial score (nSPS) is 14.2. The van der Waals surface area contributed by atoms with Gasteiger partial charge >= 0.3 is 6.18 Å². The van der Waals surface area contributed by atoms with E-state index < -0.39 is 21.8 Å². The summed E-state index contributed by atoms with van der Waals surface area (Å²) >= 11 is 0. The van der Waals surface area contributed by atoms with Crippen LogP contribution in [0.3, 0.4) is 0 Å². The first kappa shape index (κ1) is 27.7. The first-order chi connectivity index (χ1) is 19.0. The van der Waals surface area contributed by atoms with Gasteiger partial charge < -0.3 is 14.6 Å². The molecule has 4 aromatic rings. The van der Waals surface area contributed by atoms with E-state index in [1.807, 2.05) is 10.8 Å². The second-order valence-electron chi connectivity index (χ2n) is 9.66. The molecule has 0 spiro atoms. The van der Waals surface area contributed by atoms with Gasteiger partial charge in [0, 0.05) is 43.3 Å². The van der Waals surface area contributed by atoms with Gasteiger partial charge in [0.05, 0.1) is 29.6 Å². The van der Waals surface area contributed by atoms with E-state index in [1.165, 1.54) is 29.6 Å². The molecule has 40 heavy (non-hydrogen) atoms. The predicted octanol–water partition coefficient (Wildman–Crippen LogP) is 6.26. The Hall–Kier alpha value is -3.90. The lowest BCUT2D eigenvalue weighted by Gasteiger charge is -2.26. The topological polar surface area (TPSA) is 89.4 Å². The zero-order chi connectivity index (χ0) is 28.5. The van der Waals surface area contributed by atoms with Crippen LogP contribution in [0.2, 0.25) is 0 Å². The molecule has 0 aliphatic heterocycles. The molecule has 1 aliphatic carbocycles. The number of hydrogen-bond donors (Lipinski definition) is 1. The summed E-state index contributed by atoms with van der Waals surface area (Å²) in [5, 5.41) is 3.03. The van der Waals surface area contributed by atoms with Crippen LogP contribution in [-0.2, 0) is 22.7 Å². The van der Waals surface area contributed by atoms with Gasteiger partial charge in [-0.1, -0.05) is 12.1 Å². The molecule has 0 radical (unpaired) electrons. The van der Waals surface area contributed by atoms with Crippen molar-refractivity contribution in [2.75, 3.05) is 19.5 Å². The molecule has 0 bridgehead atoms. The first-order valence-electron chi connectivity index (χ1n) is 12.6. The number of sulfonamides is 1. The molecule has 0 saturated heterocycles. The summed E-state index contributed by atoms with van der Waals surface area (Å²) in [5.41, 5.74) is 1.41. The van der Waals surface area contributed by atoms with Gasteiger partial charge in [0.1, 0.15) is 11.6 Å². The molecule has 1 saturated carbocycles. The third kappa shape index (κ3) is 5.82. The molecule has 8 nitrogen and oxygen atoms in total. The van der Waals surface area contributed by atoms with Gasteiger partial charge in [0.25, 0.3) is 0 Å². The maximum atomic E-state index is 13.5. The molecular weight excluding hydrogens is 543 g/mol. The third-order valence-corrected chi connectivity index (χ3v) is 8.79. The fourth-order valence-electron chi connectivity index (χ4n) is 4.39. The number of methoxy groups -OCH3 is 1. The fourth-order valence-corrected chi connectivity index (χ4v) is 5.58. The van der Waals surface area contributed by atoms with Crippen molar-refractivity contribution in [3.05, 3.63) is 84.4 Å². The van der Waals surface area contributed by atoms with Crippen LogP contribution < -0.4 is 10.1 Å². The SMILES string of the molecule is COc1ccc(CN(C)S(=O)(=O)c2ccc(Nc3ccc(C(F)(F)F)cn3)c(-c3cn(C4CCC4)cn3)c2)cc1. The summed E-state index contributed by atoms with van der Waals surface area (Å²) in [6, 6.07) is 14.2. The average Bonchev–Trinajstić information content (AvgIpc) is 3.37. The number of rotatable bonds is 9. The van der Waals surface area contributed by atoms with E-state index in [0.717, 1.165) is 37.1 Å². The minimum absolute atomic E-state index is 0.0580. The van der Waals surface area contributed by atoms with Crippen LogP contribution in [0.15, 0.2) is 78.2 Å². The Labute approximate surface area is 230 Å². The van der Waals surface area contributed by atoms with Crippen LogP contribution in [-0.4, -0.2) is 41.4 Å². The summed E-state index contributed by atoms with van der Waals surface area (Å²) in [4.78, 5) is 8.48. The van der Waals surface area contributed by atoms with E-state index in [4.69, 9.17) is 4.74 Å². The minimum Gasteiger partial charge on any atom is -0.497 e. The summed E-state index contributed by atoms with van der Waals surface area (Å²) < 4.78 is 74.5. The molecule has 0 amide bonds. The van der Waals surface area contributed by atoms with E-state index >= 15 is 0 Å². The van der Waals surface area contributed by atoms with Crippen LogP contribution in [0.1, 0.15) is 36.4 Å². The van der Waals surface area contributed by atoms with Crippen LogP contribution in [0.4, 0.5) is 24.7 Å². The molecular formula is C28H28F3N5O3S. The van der Waals surface area contributed by atoms with Gasteiger partial charge in [-0.25, -0.2) is 18.4 Å². The van der Waals surface area contributed by atoms with Crippen molar-refractivity contribution in [3.8, 4) is 17.0 Å². The molecule has 1 aliphatic rings. The smallest absolute Gasteiger partial charge is 0.417 e. The van der Waals surface area contributed by atoms with Crippen LogP contribution in [0.25, 0.3) is 11.3 Å². The Bertz CT molecular complexity index is 1580. The molecule has 12 heteroatoms. The van der Waals surface area contributed by atoms with Crippen LogP contribution in [0, 0.1) is 0 Å². The van der Waals surface area contributed by atoms with Gasteiger partial charge in [-0.3, -0.25) is 0 Å². The number of alkyl halides is 3. The second kappa shape index (κ2) is 10.9. The highest BCUT2D eigenvalue weighted by molar-refractivity contribution is 7.89. The molecule has 2 heterocycles. The number of halogens is 3. The number of benzene rings is 2. The number of imidazole rings is 1. The Kier molecular flexibility index (Phi) is 7.56. The van der Waals surface area contributed by atoms with Crippen molar-refractivity contribution in [1.82, 2.24) is 18.8 Å². The van der Waals surface area contributed by atoms with Crippen molar-refractivity contribution in [2.24, 2.45) is 0 Å². The maximum absolute atomic E-state index is 13.5. The van der Waals surface area contributed by atoms with Crippen molar-refractivity contribution in [2.45, 2.75) is 42.9 Å². The molecule has 0 atom stereocenters. The van der Waals surface area contributed by atoms with Crippen LogP contribution in [0.5, 0.6) is 5.75 Å². The molecule has 5 rings (SSSR count). The Morgan fingerprint density at radius 2 is 1.82 bits per heavy atom. The molecule has 2 aromatic heterocycles. The molecule has 210 valence electrons. The van der Waals surface area contributed by atoms with Crippen molar-refractivity contribution in [1.29, 1.82) is 0 Å². The lowest BCUT2D eigenvalue weighted by Crippen LogP contribution is -2.26. The summed E-state index contributed by atoms with van der Waals surface area (Å²) in [7, 11) is -0.836. The quantitative estimate of drug-likeness (QED) is 0.255. The number of nitrogens with one attached hydrogen (secondary N) is 1. The number of ether oxygens (including phenoxy) is 1. The number of aromatic nitrogens is 3. The second-order valence-corrected chi connectivity index (χ2v) is 11.7. The van der Waals surface area contributed by atoms with Gasteiger partial charge in [-0.05, 0) is 67.3 Å². The van der Waals surface area contributed by atoms with Crippen molar-refractivity contribution in [3.63, 3.8) is 0 Å². The number of hydrogen-bond acceptors (Lipinski definition) is 6. The lowest BCUT2D eigenvalue weighted by atomic mass is 9.93. The highest BCUT2D eigenvalue weighted by Crippen LogP contribution is 2.36. The molecule has 1 fully saturated rings. The first-order valence-corrected chi connectivity index (χ1v) is 14.1. The average molecular weight is 572 g/mol. The fraction of sp³-hybridized carbons (Fsp3) is 0.286. The zero-order valence-electron chi connectivity index (χ0n) is 21.9. The van der Waals surface area contributed by atoms with Gasteiger partial charge in [0.2, 0.25) is 10.0 Å². The maximum Gasteiger partial charge on any atom is 0.417 e. The monoisotopic (exact) mass is 571 g/mol. The summed E-state index contributed by atoms with van der Waals surface area (Å²) in [6.07, 6.45) is 3.05. The summed E-state index contributed by atoms with van der Waals surface area (Å²) in [5.74, 6) is 0.853.